The van der Waals surface area contributed by atoms with Gasteiger partial charge in [-0.25, -0.2) is 14.4 Å². The van der Waals surface area contributed by atoms with Gasteiger partial charge in [0.05, 0.1) is 28.5 Å². The Labute approximate surface area is 216 Å². The van der Waals surface area contributed by atoms with Gasteiger partial charge in [-0.05, 0) is 36.6 Å². The average Bonchev–Trinajstić information content (AvgIpc) is 3.54. The summed E-state index contributed by atoms with van der Waals surface area (Å²) < 4.78 is 16.0. The number of aliphatic hydroxyl groups excluding tert-OH is 1. The van der Waals surface area contributed by atoms with E-state index in [1.54, 1.807) is 36.9 Å². The molecule has 6 aromatic rings. The van der Waals surface area contributed by atoms with Crippen molar-refractivity contribution in [3.63, 3.8) is 0 Å². The molecule has 1 unspecified atom stereocenters. The van der Waals surface area contributed by atoms with E-state index in [2.05, 4.69) is 40.4 Å². The predicted molar refractivity (Wildman–Crippen MR) is 142 cm³/mol. The van der Waals surface area contributed by atoms with E-state index in [9.17, 15) is 5.11 Å². The van der Waals surface area contributed by atoms with E-state index >= 15 is 4.39 Å². The number of imidazole rings is 1. The average molecular weight is 510 g/mol. The van der Waals surface area contributed by atoms with Crippen LogP contribution in [0.2, 0.25) is 0 Å². The molecule has 4 N–H and O–H groups in total. The molecule has 0 spiro atoms. The second-order valence-electron chi connectivity index (χ2n) is 9.39. The van der Waals surface area contributed by atoms with Crippen LogP contribution < -0.4 is 5.32 Å². The third kappa shape index (κ3) is 4.33. The van der Waals surface area contributed by atoms with Crippen molar-refractivity contribution in [2.45, 2.75) is 26.5 Å². The summed E-state index contributed by atoms with van der Waals surface area (Å²) in [4.78, 5) is 25.4. The molecule has 0 aromatic carbocycles. The lowest BCUT2D eigenvalue weighted by Crippen LogP contribution is -2.20. The standard InChI is InChI=1S/C27H24FN9O/c1-14(2)9-20(38)33-16-10-15(11-29-12-16)17-13-32-26-21(22(17)28)25(36-37-26)27-34-19-6-8-31-23(24(19)35-27)18-5-3-4-7-30-18/h3-8,10-14,20,33,38H,9H2,1-2H3,(H,34,35)(H,32,36,37). The summed E-state index contributed by atoms with van der Waals surface area (Å²) in [7, 11) is 0. The number of aromatic amines is 2. The Hall–Kier alpha value is -4.77. The maximum absolute atomic E-state index is 16.0. The SMILES string of the molecule is CC(C)CC(O)Nc1cncc(-c2cnc3[nH]nc(-c4nc5c(-c6ccccn6)nccc5[nH]4)c3c2F)c1. The van der Waals surface area contributed by atoms with Crippen LogP contribution in [-0.2, 0) is 0 Å². The zero-order valence-corrected chi connectivity index (χ0v) is 20.6. The van der Waals surface area contributed by atoms with E-state index < -0.39 is 12.0 Å². The zero-order valence-electron chi connectivity index (χ0n) is 20.6. The summed E-state index contributed by atoms with van der Waals surface area (Å²) in [6.07, 6.45) is 7.77. The van der Waals surface area contributed by atoms with Crippen molar-refractivity contribution in [3.8, 4) is 34.0 Å². The molecular formula is C27H24FN9O. The fourth-order valence-corrected chi connectivity index (χ4v) is 4.43. The Morgan fingerprint density at radius 3 is 2.74 bits per heavy atom. The molecule has 0 radical (unpaired) electrons. The van der Waals surface area contributed by atoms with Crippen molar-refractivity contribution < 1.29 is 9.50 Å². The number of aliphatic hydroxyl groups is 1. The van der Waals surface area contributed by atoms with Crippen LogP contribution in [0.3, 0.4) is 0 Å². The Kier molecular flexibility index (Phi) is 5.97. The van der Waals surface area contributed by atoms with Crippen molar-refractivity contribution in [2.24, 2.45) is 5.92 Å². The third-order valence-corrected chi connectivity index (χ3v) is 6.14. The highest BCUT2D eigenvalue weighted by molar-refractivity contribution is 5.96. The minimum absolute atomic E-state index is 0.201. The van der Waals surface area contributed by atoms with E-state index in [0.717, 1.165) is 5.52 Å². The van der Waals surface area contributed by atoms with E-state index in [4.69, 9.17) is 4.98 Å². The molecule has 0 amide bonds. The van der Waals surface area contributed by atoms with Crippen LogP contribution in [0.1, 0.15) is 20.3 Å². The lowest BCUT2D eigenvalue weighted by molar-refractivity contribution is 0.176. The zero-order chi connectivity index (χ0) is 26.2. The number of H-pyrrole nitrogens is 2. The Morgan fingerprint density at radius 1 is 1.03 bits per heavy atom. The summed E-state index contributed by atoms with van der Waals surface area (Å²) >= 11 is 0. The topological polar surface area (TPSA) is 141 Å². The number of pyridine rings is 4. The first-order valence-electron chi connectivity index (χ1n) is 12.2. The van der Waals surface area contributed by atoms with Crippen LogP contribution >= 0.6 is 0 Å². The van der Waals surface area contributed by atoms with E-state index in [1.165, 1.54) is 6.20 Å². The van der Waals surface area contributed by atoms with Crippen LogP contribution in [0.4, 0.5) is 10.1 Å². The van der Waals surface area contributed by atoms with Crippen molar-refractivity contribution in [1.29, 1.82) is 0 Å². The smallest absolute Gasteiger partial charge is 0.159 e. The van der Waals surface area contributed by atoms with Crippen molar-refractivity contribution >= 4 is 27.8 Å². The van der Waals surface area contributed by atoms with Gasteiger partial charge in [-0.2, -0.15) is 5.10 Å². The maximum atomic E-state index is 16.0. The van der Waals surface area contributed by atoms with Crippen molar-refractivity contribution in [2.75, 3.05) is 5.32 Å². The summed E-state index contributed by atoms with van der Waals surface area (Å²) in [5.41, 5.74) is 4.54. The summed E-state index contributed by atoms with van der Waals surface area (Å²) in [5.74, 6) is 0.176. The van der Waals surface area contributed by atoms with Gasteiger partial charge in [0.25, 0.3) is 0 Å². The number of fused-ring (bicyclic) bond motifs is 2. The largest absolute Gasteiger partial charge is 0.374 e. The molecule has 0 fully saturated rings. The highest BCUT2D eigenvalue weighted by Crippen LogP contribution is 2.34. The van der Waals surface area contributed by atoms with Crippen LogP contribution in [0.25, 0.3) is 56.1 Å². The Morgan fingerprint density at radius 2 is 1.92 bits per heavy atom. The number of hydrogen-bond acceptors (Lipinski definition) is 8. The monoisotopic (exact) mass is 509 g/mol. The highest BCUT2D eigenvalue weighted by atomic mass is 19.1. The molecule has 0 bridgehead atoms. The number of hydrogen-bond donors (Lipinski definition) is 4. The molecule has 6 rings (SSSR count). The van der Waals surface area contributed by atoms with E-state index in [1.807, 2.05) is 32.0 Å². The fraction of sp³-hybridized carbons (Fsp3) is 0.185. The normalized spacial score (nSPS) is 12.4. The molecule has 38 heavy (non-hydrogen) atoms. The van der Waals surface area contributed by atoms with E-state index in [0.29, 0.717) is 57.7 Å². The fourth-order valence-electron chi connectivity index (χ4n) is 4.43. The van der Waals surface area contributed by atoms with E-state index in [-0.39, 0.29) is 10.9 Å². The molecule has 0 aliphatic carbocycles. The highest BCUT2D eigenvalue weighted by Gasteiger charge is 2.22. The molecule has 11 heteroatoms. The van der Waals surface area contributed by atoms with Crippen LogP contribution in [-0.4, -0.2) is 51.4 Å². The second kappa shape index (κ2) is 9.60. The number of halogens is 1. The van der Waals surface area contributed by atoms with Crippen LogP contribution in [0.5, 0.6) is 0 Å². The van der Waals surface area contributed by atoms with Gasteiger partial charge in [0, 0.05) is 35.9 Å². The molecule has 0 aliphatic rings. The molecule has 190 valence electrons. The minimum atomic E-state index is -0.739. The molecule has 10 nitrogen and oxygen atoms in total. The lowest BCUT2D eigenvalue weighted by Gasteiger charge is -2.16. The maximum Gasteiger partial charge on any atom is 0.159 e. The quantitative estimate of drug-likeness (QED) is 0.222. The number of nitrogens with zero attached hydrogens (tertiary/aromatic N) is 6. The first-order chi connectivity index (χ1) is 18.5. The van der Waals surface area contributed by atoms with Crippen molar-refractivity contribution in [3.05, 3.63) is 67.1 Å². The van der Waals surface area contributed by atoms with Gasteiger partial charge in [-0.3, -0.25) is 20.1 Å². The van der Waals surface area contributed by atoms with Crippen molar-refractivity contribution in [1.82, 2.24) is 40.1 Å². The van der Waals surface area contributed by atoms with Gasteiger partial charge in [0.15, 0.2) is 11.5 Å². The summed E-state index contributed by atoms with van der Waals surface area (Å²) in [5, 5.41) is 20.6. The summed E-state index contributed by atoms with van der Waals surface area (Å²) in [6, 6.07) is 9.09. The van der Waals surface area contributed by atoms with Gasteiger partial charge >= 0.3 is 0 Å². The van der Waals surface area contributed by atoms with Gasteiger partial charge in [0.2, 0.25) is 0 Å². The van der Waals surface area contributed by atoms with Gasteiger partial charge < -0.3 is 15.4 Å². The number of nitrogens with one attached hydrogen (secondary N) is 3. The summed E-state index contributed by atoms with van der Waals surface area (Å²) in [6.45, 7) is 4.05. The molecule has 0 saturated heterocycles. The molecule has 1 atom stereocenters. The molecule has 6 heterocycles. The Balaban J connectivity index is 1.42. The van der Waals surface area contributed by atoms with Gasteiger partial charge in [-0.15, -0.1) is 0 Å². The minimum Gasteiger partial charge on any atom is -0.374 e. The number of rotatable bonds is 7. The first-order valence-corrected chi connectivity index (χ1v) is 12.2. The molecule has 0 aliphatic heterocycles. The van der Waals surface area contributed by atoms with Gasteiger partial charge in [-0.1, -0.05) is 19.9 Å². The van der Waals surface area contributed by atoms with Crippen LogP contribution in [0, 0.1) is 11.7 Å². The predicted octanol–water partition coefficient (Wildman–Crippen LogP) is 4.94. The third-order valence-electron chi connectivity index (χ3n) is 6.14. The first kappa shape index (κ1) is 23.6. The Bertz CT molecular complexity index is 1750. The van der Waals surface area contributed by atoms with Gasteiger partial charge in [0.1, 0.15) is 28.9 Å². The number of aromatic nitrogens is 8. The lowest BCUT2D eigenvalue weighted by atomic mass is 10.1. The number of anilines is 1. The molecular weight excluding hydrogens is 485 g/mol. The second-order valence-corrected chi connectivity index (χ2v) is 9.39. The van der Waals surface area contributed by atoms with Crippen LogP contribution in [0.15, 0.2) is 61.3 Å². The molecule has 0 saturated carbocycles. The molecule has 6 aromatic heterocycles.